The van der Waals surface area contributed by atoms with Crippen molar-refractivity contribution in [2.75, 3.05) is 0 Å². The fourth-order valence-corrected chi connectivity index (χ4v) is 3.45. The van der Waals surface area contributed by atoms with Gasteiger partial charge in [-0.25, -0.2) is 0 Å². The molecule has 0 saturated heterocycles. The number of rotatable bonds is 3. The second kappa shape index (κ2) is 6.71. The number of hydrogen-bond acceptors (Lipinski definition) is 3. The van der Waals surface area contributed by atoms with Gasteiger partial charge in [0.15, 0.2) is 0 Å². The second-order valence-corrected chi connectivity index (χ2v) is 6.43. The number of amides is 1. The summed E-state index contributed by atoms with van der Waals surface area (Å²) < 4.78 is 0. The summed E-state index contributed by atoms with van der Waals surface area (Å²) in [6, 6.07) is 4.23. The van der Waals surface area contributed by atoms with Crippen LogP contribution < -0.4 is 5.32 Å². The molecule has 1 N–H and O–H groups in total. The highest BCUT2D eigenvalue weighted by Crippen LogP contribution is 2.24. The molecule has 0 aromatic carbocycles. The van der Waals surface area contributed by atoms with Gasteiger partial charge in [0.05, 0.1) is 0 Å². The summed E-state index contributed by atoms with van der Waals surface area (Å²) in [5.74, 6) is 0.259. The van der Waals surface area contributed by atoms with Crippen molar-refractivity contribution in [3.8, 4) is 6.07 Å². The Hall–Kier alpha value is -1.60. The predicted molar refractivity (Wildman–Crippen MR) is 82.2 cm³/mol. The van der Waals surface area contributed by atoms with Gasteiger partial charge in [-0.15, -0.1) is 11.3 Å². The molecule has 0 spiro atoms. The van der Waals surface area contributed by atoms with E-state index in [9.17, 15) is 10.1 Å². The maximum Gasteiger partial charge on any atom is 0.262 e. The summed E-state index contributed by atoms with van der Waals surface area (Å²) >= 11 is 1.55. The number of hydrogen-bond donors (Lipinski definition) is 1. The molecule has 1 heterocycles. The minimum atomic E-state index is -0.237. The van der Waals surface area contributed by atoms with Gasteiger partial charge in [-0.05, 0) is 48.8 Å². The number of aryl methyl sites for hydroxylation is 1. The Morgan fingerprint density at radius 3 is 2.85 bits per heavy atom. The number of carbonyl (C=O) groups excluding carboxylic acids is 1. The molecule has 1 amide bonds. The third-order valence-electron chi connectivity index (χ3n) is 3.97. The third kappa shape index (κ3) is 3.49. The molecule has 1 fully saturated rings. The zero-order chi connectivity index (χ0) is 14.5. The van der Waals surface area contributed by atoms with Crippen LogP contribution in [0.3, 0.4) is 0 Å². The van der Waals surface area contributed by atoms with Crippen LogP contribution in [0.25, 0.3) is 6.08 Å². The molecule has 1 aliphatic rings. The average Bonchev–Trinajstić information content (AvgIpc) is 2.84. The quantitative estimate of drug-likeness (QED) is 0.681. The molecule has 0 aliphatic heterocycles. The lowest BCUT2D eigenvalue weighted by Gasteiger charge is -2.29. The highest BCUT2D eigenvalue weighted by atomic mass is 32.1. The average molecular weight is 288 g/mol. The lowest BCUT2D eigenvalue weighted by molar-refractivity contribution is -0.118. The minimum Gasteiger partial charge on any atom is -0.348 e. The summed E-state index contributed by atoms with van der Waals surface area (Å²) in [5, 5.41) is 14.2. The molecule has 0 bridgehead atoms. The zero-order valence-corrected chi connectivity index (χ0v) is 12.8. The first-order chi connectivity index (χ1) is 9.61. The molecular weight excluding hydrogens is 268 g/mol. The SMILES string of the molecule is Cc1ccsc1/C=C(\C#N)C(=O)NC1CCCCC1C. The highest BCUT2D eigenvalue weighted by Gasteiger charge is 2.24. The van der Waals surface area contributed by atoms with Gasteiger partial charge >= 0.3 is 0 Å². The van der Waals surface area contributed by atoms with Gasteiger partial charge in [0.1, 0.15) is 11.6 Å². The highest BCUT2D eigenvalue weighted by molar-refractivity contribution is 7.11. The summed E-state index contributed by atoms with van der Waals surface area (Å²) in [4.78, 5) is 13.2. The van der Waals surface area contributed by atoms with Crippen LogP contribution in [0.4, 0.5) is 0 Å². The molecular formula is C16H20N2OS. The van der Waals surface area contributed by atoms with Gasteiger partial charge in [-0.1, -0.05) is 19.8 Å². The van der Waals surface area contributed by atoms with Crippen LogP contribution in [-0.4, -0.2) is 11.9 Å². The summed E-state index contributed by atoms with van der Waals surface area (Å²) in [7, 11) is 0. The molecule has 1 aromatic heterocycles. The van der Waals surface area contributed by atoms with E-state index in [-0.39, 0.29) is 17.5 Å². The Labute approximate surface area is 124 Å². The van der Waals surface area contributed by atoms with Crippen molar-refractivity contribution >= 4 is 23.3 Å². The van der Waals surface area contributed by atoms with Crippen LogP contribution in [0.2, 0.25) is 0 Å². The maximum atomic E-state index is 12.2. The van der Waals surface area contributed by atoms with E-state index in [1.54, 1.807) is 17.4 Å². The van der Waals surface area contributed by atoms with Crippen molar-refractivity contribution in [1.29, 1.82) is 5.26 Å². The minimum absolute atomic E-state index is 0.202. The molecule has 1 aliphatic carbocycles. The third-order valence-corrected chi connectivity index (χ3v) is 4.94. The van der Waals surface area contributed by atoms with E-state index in [2.05, 4.69) is 12.2 Å². The van der Waals surface area contributed by atoms with Crippen LogP contribution in [0.15, 0.2) is 17.0 Å². The van der Waals surface area contributed by atoms with Crippen molar-refractivity contribution in [3.05, 3.63) is 27.5 Å². The molecule has 3 nitrogen and oxygen atoms in total. The molecule has 2 atom stereocenters. The molecule has 2 unspecified atom stereocenters. The number of nitriles is 1. The van der Waals surface area contributed by atoms with Crippen LogP contribution in [0.1, 0.15) is 43.0 Å². The first-order valence-electron chi connectivity index (χ1n) is 7.08. The molecule has 2 rings (SSSR count). The van der Waals surface area contributed by atoms with Crippen molar-refractivity contribution in [2.24, 2.45) is 5.92 Å². The van der Waals surface area contributed by atoms with E-state index >= 15 is 0 Å². The molecule has 4 heteroatoms. The number of carbonyl (C=O) groups is 1. The van der Waals surface area contributed by atoms with Gasteiger partial charge in [0.25, 0.3) is 5.91 Å². The molecule has 106 valence electrons. The standard InChI is InChI=1S/C16H20N2OS/c1-11-5-3-4-6-14(11)18-16(19)13(10-17)9-15-12(2)7-8-20-15/h7-9,11,14H,3-6H2,1-2H3,(H,18,19)/b13-9+. The van der Waals surface area contributed by atoms with Crippen LogP contribution in [0.5, 0.6) is 0 Å². The van der Waals surface area contributed by atoms with Crippen molar-refractivity contribution in [1.82, 2.24) is 5.32 Å². The van der Waals surface area contributed by atoms with Gasteiger partial charge in [-0.3, -0.25) is 4.79 Å². The number of nitrogens with one attached hydrogen (secondary N) is 1. The largest absolute Gasteiger partial charge is 0.348 e. The van der Waals surface area contributed by atoms with Gasteiger partial charge in [0.2, 0.25) is 0 Å². The number of thiophene rings is 1. The Bertz CT molecular complexity index is 553. The summed E-state index contributed by atoms with van der Waals surface area (Å²) in [6.07, 6.45) is 6.26. The van der Waals surface area contributed by atoms with Gasteiger partial charge < -0.3 is 5.32 Å². The normalized spacial score (nSPS) is 23.1. The molecule has 0 radical (unpaired) electrons. The maximum absolute atomic E-state index is 12.2. The lowest BCUT2D eigenvalue weighted by atomic mass is 9.86. The van der Waals surface area contributed by atoms with E-state index in [4.69, 9.17) is 0 Å². The topological polar surface area (TPSA) is 52.9 Å². The summed E-state index contributed by atoms with van der Waals surface area (Å²) in [5.41, 5.74) is 1.30. The van der Waals surface area contributed by atoms with Crippen LogP contribution in [0, 0.1) is 24.2 Å². The van der Waals surface area contributed by atoms with Gasteiger partial charge in [0, 0.05) is 10.9 Å². The van der Waals surface area contributed by atoms with Crippen molar-refractivity contribution in [3.63, 3.8) is 0 Å². The smallest absolute Gasteiger partial charge is 0.262 e. The monoisotopic (exact) mass is 288 g/mol. The Kier molecular flexibility index (Phi) is 4.97. The first kappa shape index (κ1) is 14.8. The number of nitrogens with zero attached hydrogens (tertiary/aromatic N) is 1. The van der Waals surface area contributed by atoms with Gasteiger partial charge in [-0.2, -0.15) is 5.26 Å². The van der Waals surface area contributed by atoms with E-state index in [1.165, 1.54) is 6.42 Å². The Balaban J connectivity index is 2.08. The lowest BCUT2D eigenvalue weighted by Crippen LogP contribution is -2.41. The zero-order valence-electron chi connectivity index (χ0n) is 12.0. The van der Waals surface area contributed by atoms with Crippen molar-refractivity contribution in [2.45, 2.75) is 45.6 Å². The first-order valence-corrected chi connectivity index (χ1v) is 7.96. The van der Waals surface area contributed by atoms with E-state index in [0.29, 0.717) is 5.92 Å². The Morgan fingerprint density at radius 1 is 1.50 bits per heavy atom. The fourth-order valence-electron chi connectivity index (χ4n) is 2.59. The van der Waals surface area contributed by atoms with Crippen LogP contribution >= 0.6 is 11.3 Å². The fraction of sp³-hybridized carbons (Fsp3) is 0.500. The second-order valence-electron chi connectivity index (χ2n) is 5.48. The summed E-state index contributed by atoms with van der Waals surface area (Å²) in [6.45, 7) is 4.15. The molecule has 20 heavy (non-hydrogen) atoms. The van der Waals surface area contributed by atoms with E-state index in [1.807, 2.05) is 24.4 Å². The predicted octanol–water partition coefficient (Wildman–Crippen LogP) is 3.66. The Morgan fingerprint density at radius 2 is 2.25 bits per heavy atom. The van der Waals surface area contributed by atoms with E-state index in [0.717, 1.165) is 29.7 Å². The molecule has 1 saturated carbocycles. The molecule has 1 aromatic rings. The van der Waals surface area contributed by atoms with E-state index < -0.39 is 0 Å². The van der Waals surface area contributed by atoms with Crippen LogP contribution in [-0.2, 0) is 4.79 Å². The van der Waals surface area contributed by atoms with Crippen molar-refractivity contribution < 1.29 is 4.79 Å².